The lowest BCUT2D eigenvalue weighted by atomic mass is 10.2. The van der Waals surface area contributed by atoms with Gasteiger partial charge in [0.05, 0.1) is 10.5 Å². The third-order valence-electron chi connectivity index (χ3n) is 2.94. The summed E-state index contributed by atoms with van der Waals surface area (Å²) in [6, 6.07) is 10.2. The van der Waals surface area contributed by atoms with E-state index in [1.165, 1.54) is 24.3 Å². The second-order valence-corrected chi connectivity index (χ2v) is 5.36. The third-order valence-corrected chi connectivity index (χ3v) is 3.33. The number of fused-ring (bicyclic) bond motifs is 1. The van der Waals surface area contributed by atoms with E-state index in [-0.39, 0.29) is 22.0 Å². The number of ether oxygens (including phenoxy) is 1. The second-order valence-electron chi connectivity index (χ2n) is 4.51. The maximum Gasteiger partial charge on any atom is 0.487 e. The number of hydrogen-bond acceptors (Lipinski definition) is 4. The Labute approximate surface area is 138 Å². The number of halogens is 4. The van der Waals surface area contributed by atoms with Gasteiger partial charge in [-0.15, -0.1) is 8.78 Å². The van der Waals surface area contributed by atoms with E-state index < -0.39 is 11.2 Å². The lowest BCUT2D eigenvalue weighted by molar-refractivity contribution is -0.0964. The van der Waals surface area contributed by atoms with Crippen LogP contribution in [0.3, 0.4) is 0 Å². The molecule has 0 saturated heterocycles. The molecule has 3 rings (SSSR count). The zero-order valence-electron chi connectivity index (χ0n) is 11.2. The van der Waals surface area contributed by atoms with Crippen molar-refractivity contribution in [1.29, 1.82) is 0 Å². The fraction of sp³-hybridized carbons (Fsp3) is 0.0667. The molecular weight excluding hydrogens is 351 g/mol. The molecule has 118 valence electrons. The predicted molar refractivity (Wildman–Crippen MR) is 82.2 cm³/mol. The third kappa shape index (κ3) is 3.43. The number of alkyl halides is 3. The summed E-state index contributed by atoms with van der Waals surface area (Å²) in [4.78, 5) is 16.2. The average molecular weight is 358 g/mol. The van der Waals surface area contributed by atoms with Crippen LogP contribution in [0, 0.1) is 0 Å². The summed E-state index contributed by atoms with van der Waals surface area (Å²) in [5, 5.41) is 0.419. The first-order valence-electron chi connectivity index (χ1n) is 6.29. The SMILES string of the molecule is O=c1oc(-c2ccc(OC(F)(F)Cl)cc2)nc2cccc(Cl)c12. The van der Waals surface area contributed by atoms with Crippen molar-refractivity contribution < 1.29 is 17.9 Å². The molecule has 0 aliphatic heterocycles. The maximum atomic E-state index is 12.6. The molecule has 0 unspecified atom stereocenters. The number of rotatable bonds is 3. The van der Waals surface area contributed by atoms with Crippen molar-refractivity contribution in [3.63, 3.8) is 0 Å². The van der Waals surface area contributed by atoms with Gasteiger partial charge in [0.1, 0.15) is 11.1 Å². The Kier molecular flexibility index (Phi) is 3.95. The molecule has 0 saturated carbocycles. The topological polar surface area (TPSA) is 52.3 Å². The number of benzene rings is 2. The standard InChI is InChI=1S/C15H7Cl2F2NO3/c16-10-2-1-3-11-12(10)14(21)22-13(20-11)8-4-6-9(7-5-8)23-15(17,18)19/h1-7H. The Balaban J connectivity index is 2.02. The molecular formula is C15H7Cl2F2NO3. The van der Waals surface area contributed by atoms with Crippen LogP contribution in [-0.4, -0.2) is 10.6 Å². The van der Waals surface area contributed by atoms with Crippen LogP contribution in [0.5, 0.6) is 5.75 Å². The minimum atomic E-state index is -3.80. The summed E-state index contributed by atoms with van der Waals surface area (Å²) in [6.45, 7) is 0. The highest BCUT2D eigenvalue weighted by molar-refractivity contribution is 6.35. The van der Waals surface area contributed by atoms with Crippen LogP contribution in [0.25, 0.3) is 22.4 Å². The Morgan fingerprint density at radius 1 is 1.13 bits per heavy atom. The van der Waals surface area contributed by atoms with Crippen LogP contribution in [0.15, 0.2) is 51.7 Å². The maximum absolute atomic E-state index is 12.6. The largest absolute Gasteiger partial charge is 0.487 e. The fourth-order valence-electron chi connectivity index (χ4n) is 2.00. The predicted octanol–water partition coefficient (Wildman–Crippen LogP) is 4.68. The van der Waals surface area contributed by atoms with E-state index in [0.717, 1.165) is 0 Å². The zero-order chi connectivity index (χ0) is 16.6. The van der Waals surface area contributed by atoms with E-state index in [9.17, 15) is 13.6 Å². The van der Waals surface area contributed by atoms with Crippen molar-refractivity contribution in [3.8, 4) is 17.2 Å². The summed E-state index contributed by atoms with van der Waals surface area (Å²) in [7, 11) is 0. The number of aromatic nitrogens is 1. The van der Waals surface area contributed by atoms with E-state index in [2.05, 4.69) is 21.3 Å². The lowest BCUT2D eigenvalue weighted by Gasteiger charge is -2.10. The van der Waals surface area contributed by atoms with Crippen molar-refractivity contribution in [3.05, 3.63) is 57.9 Å². The molecule has 0 amide bonds. The van der Waals surface area contributed by atoms with Gasteiger partial charge < -0.3 is 9.15 Å². The normalized spacial score (nSPS) is 11.7. The summed E-state index contributed by atoms with van der Waals surface area (Å²) >= 11 is 10.6. The van der Waals surface area contributed by atoms with Gasteiger partial charge >= 0.3 is 11.2 Å². The molecule has 0 atom stereocenters. The molecule has 8 heteroatoms. The highest BCUT2D eigenvalue weighted by Gasteiger charge is 2.27. The van der Waals surface area contributed by atoms with Gasteiger partial charge in [0.15, 0.2) is 0 Å². The Morgan fingerprint density at radius 2 is 1.83 bits per heavy atom. The van der Waals surface area contributed by atoms with Crippen molar-refractivity contribution in [2.24, 2.45) is 0 Å². The minimum Gasteiger partial charge on any atom is -0.420 e. The highest BCUT2D eigenvalue weighted by Crippen LogP contribution is 2.28. The van der Waals surface area contributed by atoms with E-state index in [4.69, 9.17) is 16.0 Å². The first-order valence-corrected chi connectivity index (χ1v) is 7.05. The first-order chi connectivity index (χ1) is 10.8. The summed E-state index contributed by atoms with van der Waals surface area (Å²) in [6.07, 6.45) is 0. The quantitative estimate of drug-likeness (QED) is 0.638. The number of hydrogen-bond donors (Lipinski definition) is 0. The van der Waals surface area contributed by atoms with Gasteiger partial charge in [0, 0.05) is 17.2 Å². The van der Waals surface area contributed by atoms with Gasteiger partial charge in [-0.1, -0.05) is 17.7 Å². The molecule has 0 N–H and O–H groups in total. The minimum absolute atomic E-state index is 0.0361. The van der Waals surface area contributed by atoms with Gasteiger partial charge in [-0.05, 0) is 36.4 Å². The Bertz CT molecular complexity index is 921. The van der Waals surface area contributed by atoms with Gasteiger partial charge in [-0.3, -0.25) is 0 Å². The molecule has 1 heterocycles. The second kappa shape index (κ2) is 5.79. The molecule has 4 nitrogen and oxygen atoms in total. The van der Waals surface area contributed by atoms with Gasteiger partial charge in [0.25, 0.3) is 0 Å². The summed E-state index contributed by atoms with van der Waals surface area (Å²) in [5.41, 5.74) is -3.65. The van der Waals surface area contributed by atoms with Gasteiger partial charge in [0.2, 0.25) is 5.89 Å². The molecule has 1 aromatic heterocycles. The van der Waals surface area contributed by atoms with Crippen molar-refractivity contribution in [2.45, 2.75) is 5.57 Å². The first kappa shape index (κ1) is 15.7. The van der Waals surface area contributed by atoms with Gasteiger partial charge in [-0.2, -0.15) is 0 Å². The Hall–Kier alpha value is -2.18. The monoisotopic (exact) mass is 357 g/mol. The zero-order valence-corrected chi connectivity index (χ0v) is 12.7. The van der Waals surface area contributed by atoms with Crippen LogP contribution in [0.2, 0.25) is 5.02 Å². The van der Waals surface area contributed by atoms with E-state index >= 15 is 0 Å². The molecule has 0 aliphatic rings. The smallest absolute Gasteiger partial charge is 0.420 e. The molecule has 3 aromatic rings. The van der Waals surface area contributed by atoms with E-state index in [1.807, 2.05) is 0 Å². The van der Waals surface area contributed by atoms with Crippen LogP contribution in [0.4, 0.5) is 8.78 Å². The molecule has 2 aromatic carbocycles. The molecule has 0 spiro atoms. The highest BCUT2D eigenvalue weighted by atomic mass is 35.5. The average Bonchev–Trinajstić information content (AvgIpc) is 2.46. The van der Waals surface area contributed by atoms with Crippen LogP contribution >= 0.6 is 23.2 Å². The van der Waals surface area contributed by atoms with Crippen LogP contribution in [-0.2, 0) is 0 Å². The molecule has 0 aliphatic carbocycles. The summed E-state index contributed by atoms with van der Waals surface area (Å²) < 4.78 is 34.4. The molecule has 0 radical (unpaired) electrons. The van der Waals surface area contributed by atoms with Crippen LogP contribution < -0.4 is 10.4 Å². The van der Waals surface area contributed by atoms with Crippen molar-refractivity contribution in [1.82, 2.24) is 4.98 Å². The van der Waals surface area contributed by atoms with E-state index in [0.29, 0.717) is 11.1 Å². The lowest BCUT2D eigenvalue weighted by Crippen LogP contribution is -2.15. The molecule has 0 fully saturated rings. The van der Waals surface area contributed by atoms with Crippen molar-refractivity contribution >= 4 is 34.1 Å². The fourth-order valence-corrected chi connectivity index (χ4v) is 2.34. The van der Waals surface area contributed by atoms with Gasteiger partial charge in [-0.25, -0.2) is 9.78 Å². The van der Waals surface area contributed by atoms with E-state index in [1.54, 1.807) is 18.2 Å². The Morgan fingerprint density at radius 3 is 2.48 bits per heavy atom. The van der Waals surface area contributed by atoms with Crippen molar-refractivity contribution in [2.75, 3.05) is 0 Å². The molecule has 23 heavy (non-hydrogen) atoms. The van der Waals surface area contributed by atoms with Crippen LogP contribution in [0.1, 0.15) is 0 Å². The number of nitrogens with zero attached hydrogens (tertiary/aromatic N) is 1. The molecule has 0 bridgehead atoms. The summed E-state index contributed by atoms with van der Waals surface area (Å²) in [5.74, 6) is -0.103.